The van der Waals surface area contributed by atoms with Gasteiger partial charge in [-0.25, -0.2) is 4.79 Å². The molecule has 0 saturated heterocycles. The highest BCUT2D eigenvalue weighted by Crippen LogP contribution is 2.42. The van der Waals surface area contributed by atoms with E-state index < -0.39 is 63.5 Å². The Morgan fingerprint density at radius 2 is 1.61 bits per heavy atom. The lowest BCUT2D eigenvalue weighted by atomic mass is 9.90. The number of anilines is 2. The van der Waals surface area contributed by atoms with E-state index >= 15 is 0 Å². The number of aromatic hydroxyl groups is 1. The SMILES string of the molecule is CC(=O)c1cc(C(=N)C(=O)Nc2ccc(C#N)cc2C(=O)O)c(O)cc1-c1ccc(N(C)C(C)=O)cc1C(F)(F)F. The Morgan fingerprint density at radius 3 is 2.15 bits per heavy atom. The predicted octanol–water partition coefficient (Wildman–Crippen LogP) is 4.84. The summed E-state index contributed by atoms with van der Waals surface area (Å²) in [6, 6.07) is 9.80. The first-order valence-electron chi connectivity index (χ1n) is 11.6. The lowest BCUT2D eigenvalue weighted by molar-refractivity contribution is -0.137. The summed E-state index contributed by atoms with van der Waals surface area (Å²) in [4.78, 5) is 49.5. The topological polar surface area (TPSA) is 172 Å². The summed E-state index contributed by atoms with van der Waals surface area (Å²) in [5.41, 5.74) is -4.61. The third-order valence-electron chi connectivity index (χ3n) is 6.10. The van der Waals surface area contributed by atoms with Crippen LogP contribution in [0.1, 0.15) is 51.3 Å². The van der Waals surface area contributed by atoms with Crippen molar-refractivity contribution in [1.82, 2.24) is 0 Å². The van der Waals surface area contributed by atoms with Crippen LogP contribution in [0.25, 0.3) is 11.1 Å². The summed E-state index contributed by atoms with van der Waals surface area (Å²) in [5.74, 6) is -4.75. The number of carbonyl (C=O) groups is 4. The molecule has 3 aromatic carbocycles. The number of rotatable bonds is 7. The van der Waals surface area contributed by atoms with Crippen LogP contribution in [0.15, 0.2) is 48.5 Å². The van der Waals surface area contributed by atoms with Crippen LogP contribution in [-0.2, 0) is 15.8 Å². The molecule has 3 aromatic rings. The average molecular weight is 566 g/mol. The third kappa shape index (κ3) is 6.22. The zero-order valence-corrected chi connectivity index (χ0v) is 21.7. The van der Waals surface area contributed by atoms with E-state index in [1.165, 1.54) is 26.1 Å². The molecule has 0 aliphatic carbocycles. The van der Waals surface area contributed by atoms with E-state index in [0.717, 1.165) is 48.2 Å². The van der Waals surface area contributed by atoms with E-state index in [1.807, 2.05) is 0 Å². The number of nitriles is 1. The number of phenolic OH excluding ortho intramolecular Hbond substituents is 1. The Bertz CT molecular complexity index is 1670. The maximum atomic E-state index is 14.1. The summed E-state index contributed by atoms with van der Waals surface area (Å²) in [6.45, 7) is 2.21. The number of Topliss-reactive ketones (excluding diaryl/α,β-unsaturated/α-hetero) is 1. The maximum Gasteiger partial charge on any atom is 0.417 e. The van der Waals surface area contributed by atoms with Gasteiger partial charge in [-0.2, -0.15) is 18.4 Å². The number of aromatic carboxylic acids is 1. The standard InChI is InChI=1S/C28H21F3N4O6/c1-13(36)18-10-21(25(33)26(39)34-23-7-4-15(12-32)8-20(23)27(40)41)24(38)11-19(18)17-6-5-16(35(3)14(2)37)9-22(17)28(29,30)31/h4-11,33,38H,1-3H3,(H,34,39)(H,40,41). The fourth-order valence-electron chi connectivity index (χ4n) is 3.90. The van der Waals surface area contributed by atoms with Crippen molar-refractivity contribution in [2.45, 2.75) is 20.0 Å². The fraction of sp³-hybridized carbons (Fsp3) is 0.143. The van der Waals surface area contributed by atoms with E-state index in [4.69, 9.17) is 10.7 Å². The highest BCUT2D eigenvalue weighted by atomic mass is 19.4. The second kappa shape index (κ2) is 11.3. The average Bonchev–Trinajstić information content (AvgIpc) is 2.91. The van der Waals surface area contributed by atoms with Crippen molar-refractivity contribution in [3.05, 3.63) is 76.3 Å². The second-order valence-corrected chi connectivity index (χ2v) is 8.78. The molecule has 13 heteroatoms. The number of nitrogens with zero attached hydrogens (tertiary/aromatic N) is 2. The number of alkyl halides is 3. The number of hydrogen-bond donors (Lipinski definition) is 4. The molecule has 0 fully saturated rings. The molecule has 2 amide bonds. The highest BCUT2D eigenvalue weighted by molar-refractivity contribution is 6.48. The largest absolute Gasteiger partial charge is 0.507 e. The molecule has 0 aromatic heterocycles. The monoisotopic (exact) mass is 566 g/mol. The molecule has 210 valence electrons. The molecule has 0 saturated carbocycles. The summed E-state index contributed by atoms with van der Waals surface area (Å²) < 4.78 is 42.2. The van der Waals surface area contributed by atoms with Crippen LogP contribution in [0, 0.1) is 16.7 Å². The molecular weight excluding hydrogens is 545 g/mol. The summed E-state index contributed by atoms with van der Waals surface area (Å²) in [6.07, 6.45) is -4.93. The van der Waals surface area contributed by atoms with Crippen LogP contribution >= 0.6 is 0 Å². The van der Waals surface area contributed by atoms with Crippen LogP contribution < -0.4 is 10.2 Å². The van der Waals surface area contributed by atoms with Crippen molar-refractivity contribution in [2.24, 2.45) is 0 Å². The highest BCUT2D eigenvalue weighted by Gasteiger charge is 2.35. The van der Waals surface area contributed by atoms with Crippen molar-refractivity contribution < 1.29 is 42.6 Å². The van der Waals surface area contributed by atoms with Gasteiger partial charge in [0.1, 0.15) is 11.5 Å². The van der Waals surface area contributed by atoms with Gasteiger partial charge < -0.3 is 20.4 Å². The van der Waals surface area contributed by atoms with Gasteiger partial charge in [-0.15, -0.1) is 0 Å². The lowest BCUT2D eigenvalue weighted by Crippen LogP contribution is -2.24. The number of carboxylic acid groups (broad SMARTS) is 1. The second-order valence-electron chi connectivity index (χ2n) is 8.78. The zero-order valence-electron chi connectivity index (χ0n) is 21.7. The van der Waals surface area contributed by atoms with Gasteiger partial charge in [-0.05, 0) is 60.5 Å². The molecule has 3 rings (SSSR count). The smallest absolute Gasteiger partial charge is 0.417 e. The Kier molecular flexibility index (Phi) is 8.28. The molecule has 0 aliphatic heterocycles. The lowest BCUT2D eigenvalue weighted by Gasteiger charge is -2.21. The fourth-order valence-corrected chi connectivity index (χ4v) is 3.90. The van der Waals surface area contributed by atoms with Gasteiger partial charge in [-0.1, -0.05) is 6.07 Å². The number of carbonyl (C=O) groups excluding carboxylic acids is 3. The van der Waals surface area contributed by atoms with Crippen LogP contribution in [0.4, 0.5) is 24.5 Å². The molecule has 0 bridgehead atoms. The van der Waals surface area contributed by atoms with Gasteiger partial charge in [0.25, 0.3) is 5.91 Å². The molecule has 0 spiro atoms. The predicted molar refractivity (Wildman–Crippen MR) is 141 cm³/mol. The normalized spacial score (nSPS) is 10.9. The molecule has 41 heavy (non-hydrogen) atoms. The minimum Gasteiger partial charge on any atom is -0.507 e. The first-order valence-corrected chi connectivity index (χ1v) is 11.6. The number of carboxylic acids is 1. The molecule has 10 nitrogen and oxygen atoms in total. The van der Waals surface area contributed by atoms with Gasteiger partial charge in [0.15, 0.2) is 5.78 Å². The molecule has 0 aliphatic rings. The van der Waals surface area contributed by atoms with Crippen molar-refractivity contribution >= 4 is 40.7 Å². The molecule has 0 radical (unpaired) electrons. The first-order chi connectivity index (χ1) is 19.1. The Hall–Kier alpha value is -5.51. The number of nitrogens with one attached hydrogen (secondary N) is 2. The number of hydrogen-bond acceptors (Lipinski definition) is 7. The van der Waals surface area contributed by atoms with Crippen LogP contribution in [-0.4, -0.2) is 46.5 Å². The zero-order chi connectivity index (χ0) is 30.8. The van der Waals surface area contributed by atoms with Gasteiger partial charge in [0.2, 0.25) is 5.91 Å². The van der Waals surface area contributed by atoms with Crippen LogP contribution in [0.3, 0.4) is 0 Å². The number of ketones is 1. The minimum absolute atomic E-state index is 0.00555. The minimum atomic E-state index is -4.93. The third-order valence-corrected chi connectivity index (χ3v) is 6.10. The van der Waals surface area contributed by atoms with Crippen molar-refractivity contribution in [3.63, 3.8) is 0 Å². The molecular formula is C28H21F3N4O6. The number of benzene rings is 3. The van der Waals surface area contributed by atoms with Crippen molar-refractivity contribution in [1.29, 1.82) is 10.7 Å². The maximum absolute atomic E-state index is 14.1. The van der Waals surface area contributed by atoms with Crippen LogP contribution in [0.2, 0.25) is 0 Å². The number of halogens is 3. The van der Waals surface area contributed by atoms with E-state index in [0.29, 0.717) is 0 Å². The Morgan fingerprint density at radius 1 is 0.951 bits per heavy atom. The summed E-state index contributed by atoms with van der Waals surface area (Å²) in [7, 11) is 1.28. The van der Waals surface area contributed by atoms with Crippen LogP contribution in [0.5, 0.6) is 5.75 Å². The number of phenols is 1. The van der Waals surface area contributed by atoms with E-state index in [9.17, 15) is 42.6 Å². The van der Waals surface area contributed by atoms with Gasteiger partial charge in [0, 0.05) is 30.8 Å². The molecule has 0 atom stereocenters. The number of amides is 2. The van der Waals surface area contributed by atoms with Gasteiger partial charge in [0.05, 0.1) is 28.4 Å². The summed E-state index contributed by atoms with van der Waals surface area (Å²) in [5, 5.41) is 39.5. The molecule has 0 unspecified atom stereocenters. The van der Waals surface area contributed by atoms with Gasteiger partial charge in [-0.3, -0.25) is 19.8 Å². The van der Waals surface area contributed by atoms with E-state index in [-0.39, 0.29) is 28.1 Å². The van der Waals surface area contributed by atoms with Crippen molar-refractivity contribution in [3.8, 4) is 22.9 Å². The Balaban J connectivity index is 2.11. The van der Waals surface area contributed by atoms with Gasteiger partial charge >= 0.3 is 12.1 Å². The Labute approximate surface area is 230 Å². The summed E-state index contributed by atoms with van der Waals surface area (Å²) >= 11 is 0. The molecule has 4 N–H and O–H groups in total. The van der Waals surface area contributed by atoms with E-state index in [2.05, 4.69) is 5.32 Å². The first kappa shape index (κ1) is 30.0. The molecule has 0 heterocycles. The quantitative estimate of drug-likeness (QED) is 0.234. The van der Waals surface area contributed by atoms with Crippen molar-refractivity contribution in [2.75, 3.05) is 17.3 Å². The van der Waals surface area contributed by atoms with E-state index in [1.54, 1.807) is 6.07 Å².